The Kier molecular flexibility index (Phi) is 7.15. The summed E-state index contributed by atoms with van der Waals surface area (Å²) in [6, 6.07) is 18.7. The summed E-state index contributed by atoms with van der Waals surface area (Å²) in [5.74, 6) is 0.727. The van der Waals surface area contributed by atoms with Crippen LogP contribution in [0.4, 0.5) is 0 Å². The van der Waals surface area contributed by atoms with E-state index in [1.54, 1.807) is 6.08 Å². The van der Waals surface area contributed by atoms with Gasteiger partial charge in [0.2, 0.25) is 0 Å². The van der Waals surface area contributed by atoms with Crippen LogP contribution in [0, 0.1) is 0 Å². The van der Waals surface area contributed by atoms with Gasteiger partial charge >= 0.3 is 0 Å². The number of benzene rings is 2. The van der Waals surface area contributed by atoms with Crippen molar-refractivity contribution in [2.24, 2.45) is 0 Å². The standard InChI is InChI=1S/C29H30N2/c1-7-9-15-26(21(5)6)28-25(8-2)27(23-13-11-10-12-14-23)30-29(31-28)24-18-16-22(17-19-24)20(3)4/h7,9-19H,1,3,8H2,2,4-6H3/b15-9-. The van der Waals surface area contributed by atoms with E-state index in [0.29, 0.717) is 0 Å². The predicted octanol–water partition coefficient (Wildman–Crippen LogP) is 7.94. The molecule has 156 valence electrons. The molecule has 0 amide bonds. The molecule has 0 unspecified atom stereocenters. The first-order valence-corrected chi connectivity index (χ1v) is 10.7. The molecule has 0 aliphatic carbocycles. The molecule has 3 aromatic rings. The van der Waals surface area contributed by atoms with Crippen LogP contribution in [0.1, 0.15) is 44.5 Å². The van der Waals surface area contributed by atoms with E-state index in [-0.39, 0.29) is 0 Å². The minimum absolute atomic E-state index is 0.727. The van der Waals surface area contributed by atoms with Gasteiger partial charge < -0.3 is 0 Å². The van der Waals surface area contributed by atoms with Gasteiger partial charge in [0.15, 0.2) is 5.82 Å². The number of allylic oxidation sites excluding steroid dienone is 6. The van der Waals surface area contributed by atoms with Crippen LogP contribution < -0.4 is 0 Å². The Morgan fingerprint density at radius 2 is 1.58 bits per heavy atom. The molecule has 0 saturated heterocycles. The number of hydrogen-bond donors (Lipinski definition) is 0. The van der Waals surface area contributed by atoms with Crippen molar-refractivity contribution in [1.29, 1.82) is 0 Å². The topological polar surface area (TPSA) is 25.8 Å². The van der Waals surface area contributed by atoms with E-state index in [0.717, 1.165) is 57.0 Å². The maximum atomic E-state index is 5.07. The number of rotatable bonds is 7. The zero-order valence-electron chi connectivity index (χ0n) is 18.9. The van der Waals surface area contributed by atoms with Crippen molar-refractivity contribution in [1.82, 2.24) is 9.97 Å². The van der Waals surface area contributed by atoms with E-state index in [4.69, 9.17) is 9.97 Å². The molecule has 0 bridgehead atoms. The number of hydrogen-bond acceptors (Lipinski definition) is 2. The molecule has 0 aliphatic heterocycles. The van der Waals surface area contributed by atoms with Crippen molar-refractivity contribution in [2.75, 3.05) is 0 Å². The highest BCUT2D eigenvalue weighted by atomic mass is 14.9. The van der Waals surface area contributed by atoms with E-state index in [1.165, 1.54) is 5.57 Å². The van der Waals surface area contributed by atoms with E-state index in [2.05, 4.69) is 88.5 Å². The number of aromatic nitrogens is 2. The Morgan fingerprint density at radius 3 is 2.13 bits per heavy atom. The molecule has 1 aromatic heterocycles. The third-order valence-corrected chi connectivity index (χ3v) is 5.24. The average molecular weight is 407 g/mol. The fraction of sp³-hybridized carbons (Fsp3) is 0.172. The Labute approximate surface area is 186 Å². The summed E-state index contributed by atoms with van der Waals surface area (Å²) in [5, 5.41) is 0. The lowest BCUT2D eigenvalue weighted by Gasteiger charge is -2.17. The van der Waals surface area contributed by atoms with Crippen LogP contribution >= 0.6 is 0 Å². The second kappa shape index (κ2) is 9.99. The van der Waals surface area contributed by atoms with Gasteiger partial charge in [0.05, 0.1) is 11.4 Å². The molecule has 0 radical (unpaired) electrons. The Morgan fingerprint density at radius 1 is 0.903 bits per heavy atom. The van der Waals surface area contributed by atoms with Crippen LogP contribution in [0.3, 0.4) is 0 Å². The van der Waals surface area contributed by atoms with Crippen molar-refractivity contribution >= 4 is 11.1 Å². The first-order chi connectivity index (χ1) is 15.0. The summed E-state index contributed by atoms with van der Waals surface area (Å²) < 4.78 is 0. The minimum Gasteiger partial charge on any atom is -0.228 e. The van der Waals surface area contributed by atoms with Crippen LogP contribution in [0.25, 0.3) is 33.8 Å². The van der Waals surface area contributed by atoms with E-state index >= 15 is 0 Å². The van der Waals surface area contributed by atoms with Crippen LogP contribution in [0.15, 0.2) is 91.6 Å². The monoisotopic (exact) mass is 406 g/mol. The first-order valence-electron chi connectivity index (χ1n) is 10.7. The normalized spacial score (nSPS) is 10.8. The largest absolute Gasteiger partial charge is 0.228 e. The molecule has 0 fully saturated rings. The Bertz CT molecular complexity index is 1140. The van der Waals surface area contributed by atoms with Crippen molar-refractivity contribution < 1.29 is 0 Å². The molecular weight excluding hydrogens is 376 g/mol. The van der Waals surface area contributed by atoms with Crippen LogP contribution in [-0.2, 0) is 6.42 Å². The highest BCUT2D eigenvalue weighted by Crippen LogP contribution is 2.32. The molecule has 2 aromatic carbocycles. The minimum atomic E-state index is 0.727. The summed E-state index contributed by atoms with van der Waals surface area (Å²) in [6.45, 7) is 16.3. The van der Waals surface area contributed by atoms with Crippen LogP contribution in [0.2, 0.25) is 0 Å². The molecule has 0 atom stereocenters. The van der Waals surface area contributed by atoms with Gasteiger partial charge in [-0.25, -0.2) is 9.97 Å². The summed E-state index contributed by atoms with van der Waals surface area (Å²) in [6.07, 6.45) is 6.69. The van der Waals surface area contributed by atoms with Gasteiger partial charge in [-0.15, -0.1) is 0 Å². The molecule has 2 heteroatoms. The van der Waals surface area contributed by atoms with Gasteiger partial charge in [-0.1, -0.05) is 104 Å². The fourth-order valence-electron chi connectivity index (χ4n) is 3.56. The molecule has 0 spiro atoms. The van der Waals surface area contributed by atoms with Crippen molar-refractivity contribution in [3.05, 3.63) is 108 Å². The van der Waals surface area contributed by atoms with Crippen molar-refractivity contribution in [3.8, 4) is 22.6 Å². The first kappa shape index (κ1) is 22.2. The summed E-state index contributed by atoms with van der Waals surface area (Å²) >= 11 is 0. The molecule has 3 rings (SSSR count). The molecular formula is C29H30N2. The number of nitrogens with zero attached hydrogens (tertiary/aromatic N) is 2. The third-order valence-electron chi connectivity index (χ3n) is 5.24. The molecule has 1 heterocycles. The van der Waals surface area contributed by atoms with Crippen LogP contribution in [0.5, 0.6) is 0 Å². The molecule has 0 aliphatic rings. The van der Waals surface area contributed by atoms with Crippen LogP contribution in [-0.4, -0.2) is 9.97 Å². The fourth-order valence-corrected chi connectivity index (χ4v) is 3.56. The lowest BCUT2D eigenvalue weighted by Crippen LogP contribution is -2.05. The maximum Gasteiger partial charge on any atom is 0.160 e. The zero-order valence-corrected chi connectivity index (χ0v) is 18.9. The smallest absolute Gasteiger partial charge is 0.160 e. The molecule has 0 N–H and O–H groups in total. The van der Waals surface area contributed by atoms with Crippen molar-refractivity contribution in [3.63, 3.8) is 0 Å². The summed E-state index contributed by atoms with van der Waals surface area (Å²) in [7, 11) is 0. The second-order valence-corrected chi connectivity index (χ2v) is 7.81. The third kappa shape index (κ3) is 4.97. The maximum absolute atomic E-state index is 5.07. The SMILES string of the molecule is C=C/C=C\C(=C(C)C)c1nc(-c2ccc(C(=C)C)cc2)nc(-c2ccccc2)c1CC. The summed E-state index contributed by atoms with van der Waals surface area (Å²) in [4.78, 5) is 10.1. The van der Waals surface area contributed by atoms with E-state index in [1.807, 2.05) is 19.1 Å². The highest BCUT2D eigenvalue weighted by Gasteiger charge is 2.18. The lowest BCUT2D eigenvalue weighted by molar-refractivity contribution is 1.04. The Balaban J connectivity index is 2.32. The Hall–Kier alpha value is -3.52. The lowest BCUT2D eigenvalue weighted by atomic mass is 9.95. The van der Waals surface area contributed by atoms with Gasteiger partial charge in [-0.05, 0) is 38.3 Å². The molecule has 2 nitrogen and oxygen atoms in total. The van der Waals surface area contributed by atoms with E-state index in [9.17, 15) is 0 Å². The predicted molar refractivity (Wildman–Crippen MR) is 135 cm³/mol. The van der Waals surface area contributed by atoms with Gasteiger partial charge in [0.1, 0.15) is 0 Å². The zero-order chi connectivity index (χ0) is 22.4. The van der Waals surface area contributed by atoms with Crippen molar-refractivity contribution in [2.45, 2.75) is 34.1 Å². The average Bonchev–Trinajstić information content (AvgIpc) is 2.79. The van der Waals surface area contributed by atoms with Gasteiger partial charge in [0, 0.05) is 16.7 Å². The van der Waals surface area contributed by atoms with Gasteiger partial charge in [-0.2, -0.15) is 0 Å². The molecule has 31 heavy (non-hydrogen) atoms. The van der Waals surface area contributed by atoms with E-state index < -0.39 is 0 Å². The molecule has 0 saturated carbocycles. The summed E-state index contributed by atoms with van der Waals surface area (Å²) in [5.41, 5.74) is 9.68. The highest BCUT2D eigenvalue weighted by molar-refractivity contribution is 5.81. The van der Waals surface area contributed by atoms with Gasteiger partial charge in [0.25, 0.3) is 0 Å². The quantitative estimate of drug-likeness (QED) is 0.372. The second-order valence-electron chi connectivity index (χ2n) is 7.81. The van der Waals surface area contributed by atoms with Gasteiger partial charge in [-0.3, -0.25) is 0 Å².